The Balaban J connectivity index is 1.42. The first kappa shape index (κ1) is 28.8. The number of ether oxygens (including phenoxy) is 1. The van der Waals surface area contributed by atoms with Crippen molar-refractivity contribution < 1.29 is 19.1 Å². The molecule has 2 aliphatic rings. The number of fused-ring (bicyclic) bond motifs is 2. The summed E-state index contributed by atoms with van der Waals surface area (Å²) in [6.45, 7) is -0.309. The zero-order valence-electron chi connectivity index (χ0n) is 21.7. The van der Waals surface area contributed by atoms with Crippen LogP contribution in [0.25, 0.3) is 0 Å². The van der Waals surface area contributed by atoms with Crippen LogP contribution in [0.2, 0.25) is 15.1 Å². The van der Waals surface area contributed by atoms with Gasteiger partial charge in [-0.1, -0.05) is 76.1 Å². The summed E-state index contributed by atoms with van der Waals surface area (Å²) < 4.78 is 6.99. The molecule has 1 saturated heterocycles. The van der Waals surface area contributed by atoms with Crippen LogP contribution in [0.3, 0.4) is 0 Å². The fourth-order valence-corrected chi connectivity index (χ4v) is 8.46. The molecule has 0 radical (unpaired) electrons. The highest BCUT2D eigenvalue weighted by Crippen LogP contribution is 2.55. The Kier molecular flexibility index (Phi) is 7.84. The minimum Gasteiger partial charge on any atom is -0.496 e. The number of benzene rings is 3. The van der Waals surface area contributed by atoms with Gasteiger partial charge in [0.25, 0.3) is 0 Å². The highest BCUT2D eigenvalue weighted by atomic mass is 35.5. The standard InChI is InChI=1S/C29H20Cl3N3O5S2/c1-40-20-5-3-2-4-17(20)22-23-24(27(38)35(26(23)37)16-9-6-14(30)7-10-16)41-28-25(22)42-29(39)34(28)13-21(36)33-15-8-11-18(31)19(32)12-15/h2-12,22-24H,13H2,1H3,(H,33,36)/t22-,23-,24+/m0/s1. The van der Waals surface area contributed by atoms with Crippen LogP contribution in [0, 0.1) is 5.92 Å². The average Bonchev–Trinajstić information content (AvgIpc) is 3.41. The number of anilines is 2. The van der Waals surface area contributed by atoms with Crippen molar-refractivity contribution in [3.8, 4) is 5.75 Å². The lowest BCUT2D eigenvalue weighted by Gasteiger charge is -2.31. The second-order valence-corrected chi connectivity index (χ2v) is 12.9. The number of halogens is 3. The molecule has 0 aliphatic carbocycles. The first-order valence-corrected chi connectivity index (χ1v) is 15.4. The Morgan fingerprint density at radius 1 is 0.952 bits per heavy atom. The van der Waals surface area contributed by atoms with Gasteiger partial charge in [0.15, 0.2) is 0 Å². The molecule has 6 rings (SSSR count). The molecule has 1 N–H and O–H groups in total. The molecule has 3 heterocycles. The fourth-order valence-electron chi connectivity index (χ4n) is 5.28. The predicted octanol–water partition coefficient (Wildman–Crippen LogP) is 6.31. The van der Waals surface area contributed by atoms with Crippen LogP contribution < -0.4 is 19.8 Å². The normalized spacial score (nSPS) is 19.4. The lowest BCUT2D eigenvalue weighted by molar-refractivity contribution is -0.122. The lowest BCUT2D eigenvalue weighted by atomic mass is 9.82. The van der Waals surface area contributed by atoms with Gasteiger partial charge in [-0.15, -0.1) is 0 Å². The molecule has 0 saturated carbocycles. The predicted molar refractivity (Wildman–Crippen MR) is 166 cm³/mol. The van der Waals surface area contributed by atoms with E-state index < -0.39 is 28.9 Å². The number of methoxy groups -OCH3 is 1. The van der Waals surface area contributed by atoms with Crippen molar-refractivity contribution in [1.29, 1.82) is 0 Å². The number of hydrogen-bond donors (Lipinski definition) is 1. The molecule has 42 heavy (non-hydrogen) atoms. The number of aromatic nitrogens is 1. The number of amides is 3. The second kappa shape index (κ2) is 11.4. The summed E-state index contributed by atoms with van der Waals surface area (Å²) >= 11 is 20.2. The third-order valence-electron chi connectivity index (χ3n) is 7.11. The van der Waals surface area contributed by atoms with E-state index in [4.69, 9.17) is 39.5 Å². The molecule has 0 bridgehead atoms. The van der Waals surface area contributed by atoms with Crippen molar-refractivity contribution in [2.45, 2.75) is 22.7 Å². The third kappa shape index (κ3) is 5.01. The number of para-hydroxylation sites is 1. The molecule has 3 atom stereocenters. The minimum atomic E-state index is -0.839. The van der Waals surface area contributed by atoms with E-state index in [0.29, 0.717) is 42.6 Å². The first-order valence-electron chi connectivity index (χ1n) is 12.6. The molecule has 1 fully saturated rings. The lowest BCUT2D eigenvalue weighted by Crippen LogP contribution is -2.33. The van der Waals surface area contributed by atoms with Crippen LogP contribution in [-0.2, 0) is 20.9 Å². The smallest absolute Gasteiger partial charge is 0.308 e. The van der Waals surface area contributed by atoms with Gasteiger partial charge >= 0.3 is 4.87 Å². The van der Waals surface area contributed by atoms with E-state index >= 15 is 0 Å². The summed E-state index contributed by atoms with van der Waals surface area (Å²) in [5, 5.41) is 3.45. The van der Waals surface area contributed by atoms with Crippen molar-refractivity contribution in [2.75, 3.05) is 17.3 Å². The minimum absolute atomic E-state index is 0.274. The monoisotopic (exact) mass is 659 g/mol. The third-order valence-corrected chi connectivity index (χ3v) is 10.7. The Labute approximate surface area is 263 Å². The van der Waals surface area contributed by atoms with Gasteiger partial charge < -0.3 is 10.1 Å². The van der Waals surface area contributed by atoms with Crippen molar-refractivity contribution in [2.24, 2.45) is 5.92 Å². The van der Waals surface area contributed by atoms with Crippen LogP contribution in [0.5, 0.6) is 5.75 Å². The van der Waals surface area contributed by atoms with Gasteiger partial charge in [0.05, 0.1) is 33.8 Å². The van der Waals surface area contributed by atoms with E-state index in [1.54, 1.807) is 48.5 Å². The number of thiazole rings is 1. The highest BCUT2D eigenvalue weighted by Gasteiger charge is 2.57. The number of thioether (sulfide) groups is 1. The Bertz CT molecular complexity index is 1810. The van der Waals surface area contributed by atoms with Crippen LogP contribution >= 0.6 is 57.9 Å². The summed E-state index contributed by atoms with van der Waals surface area (Å²) in [6, 6.07) is 18.4. The van der Waals surface area contributed by atoms with Gasteiger partial charge in [-0.3, -0.25) is 23.7 Å². The highest BCUT2D eigenvalue weighted by molar-refractivity contribution is 8.00. The Hall–Kier alpha value is -3.28. The summed E-state index contributed by atoms with van der Waals surface area (Å²) in [5.74, 6) is -2.20. The summed E-state index contributed by atoms with van der Waals surface area (Å²) in [7, 11) is 1.53. The average molecular weight is 661 g/mol. The maximum absolute atomic E-state index is 14.0. The fraction of sp³-hybridized carbons (Fsp3) is 0.172. The van der Waals surface area contributed by atoms with Gasteiger partial charge in [0, 0.05) is 27.1 Å². The van der Waals surface area contributed by atoms with E-state index in [1.807, 2.05) is 12.1 Å². The van der Waals surface area contributed by atoms with Crippen molar-refractivity contribution in [1.82, 2.24) is 4.57 Å². The number of nitrogens with zero attached hydrogens (tertiary/aromatic N) is 2. The maximum atomic E-state index is 14.0. The number of carbonyl (C=O) groups is 3. The second-order valence-electron chi connectivity index (χ2n) is 9.57. The molecule has 3 amide bonds. The molecule has 0 spiro atoms. The molecule has 214 valence electrons. The van der Waals surface area contributed by atoms with E-state index in [1.165, 1.54) is 22.6 Å². The summed E-state index contributed by atoms with van der Waals surface area (Å²) in [6.07, 6.45) is 0. The van der Waals surface area contributed by atoms with Crippen molar-refractivity contribution in [3.05, 3.63) is 102 Å². The topological polar surface area (TPSA) is 97.7 Å². The van der Waals surface area contributed by atoms with E-state index in [9.17, 15) is 19.2 Å². The van der Waals surface area contributed by atoms with Gasteiger partial charge in [-0.25, -0.2) is 4.90 Å². The van der Waals surface area contributed by atoms with E-state index in [0.717, 1.165) is 23.1 Å². The number of nitrogens with one attached hydrogen (secondary N) is 1. The van der Waals surface area contributed by atoms with Crippen molar-refractivity contribution in [3.63, 3.8) is 0 Å². The molecule has 1 aromatic heterocycles. The first-order chi connectivity index (χ1) is 20.2. The Morgan fingerprint density at radius 3 is 2.40 bits per heavy atom. The zero-order valence-corrected chi connectivity index (χ0v) is 25.6. The van der Waals surface area contributed by atoms with Crippen LogP contribution in [0.4, 0.5) is 11.4 Å². The summed E-state index contributed by atoms with van der Waals surface area (Å²) in [5.41, 5.74) is 1.50. The van der Waals surface area contributed by atoms with Crippen LogP contribution in [0.15, 0.2) is 76.6 Å². The molecule has 3 aromatic carbocycles. The van der Waals surface area contributed by atoms with Gasteiger partial charge in [-0.2, -0.15) is 0 Å². The van der Waals surface area contributed by atoms with E-state index in [2.05, 4.69) is 5.32 Å². The number of hydrogen-bond acceptors (Lipinski definition) is 7. The molecule has 0 unspecified atom stereocenters. The zero-order chi connectivity index (χ0) is 29.7. The number of rotatable bonds is 6. The van der Waals surface area contributed by atoms with Crippen molar-refractivity contribution >= 4 is 87.0 Å². The van der Waals surface area contributed by atoms with Crippen LogP contribution in [0.1, 0.15) is 16.4 Å². The molecular formula is C29H20Cl3N3O5S2. The maximum Gasteiger partial charge on any atom is 0.308 e. The molecule has 8 nitrogen and oxygen atoms in total. The van der Waals surface area contributed by atoms with Gasteiger partial charge in [-0.05, 0) is 48.5 Å². The van der Waals surface area contributed by atoms with Crippen LogP contribution in [-0.4, -0.2) is 34.6 Å². The summed E-state index contributed by atoms with van der Waals surface area (Å²) in [4.78, 5) is 55.7. The van der Waals surface area contributed by atoms with E-state index in [-0.39, 0.29) is 22.3 Å². The Morgan fingerprint density at radius 2 is 1.69 bits per heavy atom. The molecule has 2 aliphatic heterocycles. The SMILES string of the molecule is COc1ccccc1[C@@H]1c2sc(=O)n(CC(=O)Nc3ccc(Cl)c(Cl)c3)c2S[C@H]2C(=O)N(c3ccc(Cl)cc3)C(=O)[C@@H]12. The number of carbonyl (C=O) groups excluding carboxylic acids is 3. The molecule has 13 heteroatoms. The quantitative estimate of drug-likeness (QED) is 0.244. The molecular weight excluding hydrogens is 641 g/mol. The largest absolute Gasteiger partial charge is 0.496 e. The van der Waals surface area contributed by atoms with Gasteiger partial charge in [0.1, 0.15) is 17.5 Å². The molecule has 4 aromatic rings. The van der Waals surface area contributed by atoms with Gasteiger partial charge in [0.2, 0.25) is 17.7 Å². The number of imide groups is 1.